The Balaban J connectivity index is 2.18. The number of rotatable bonds is 6. The summed E-state index contributed by atoms with van der Waals surface area (Å²) in [4.78, 5) is 6.55. The van der Waals surface area contributed by atoms with Gasteiger partial charge >= 0.3 is 0 Å². The SMILES string of the molecule is CCn1cncc1C(CN)N(C)Cc1ccccc1C. The second-order valence-corrected chi connectivity index (χ2v) is 5.20. The lowest BCUT2D eigenvalue weighted by molar-refractivity contribution is 0.232. The molecule has 0 aliphatic rings. The van der Waals surface area contributed by atoms with Gasteiger partial charge in [-0.2, -0.15) is 0 Å². The summed E-state index contributed by atoms with van der Waals surface area (Å²) in [5.41, 5.74) is 9.85. The van der Waals surface area contributed by atoms with Crippen molar-refractivity contribution in [2.24, 2.45) is 5.73 Å². The molecule has 0 aliphatic carbocycles. The van der Waals surface area contributed by atoms with E-state index in [0.29, 0.717) is 6.54 Å². The zero-order chi connectivity index (χ0) is 14.5. The Labute approximate surface area is 121 Å². The van der Waals surface area contributed by atoms with Crippen molar-refractivity contribution in [3.05, 3.63) is 53.6 Å². The third-order valence-corrected chi connectivity index (χ3v) is 3.86. The fourth-order valence-corrected chi connectivity index (χ4v) is 2.57. The first-order valence-corrected chi connectivity index (χ1v) is 7.12. The van der Waals surface area contributed by atoms with Gasteiger partial charge in [-0.25, -0.2) is 4.98 Å². The predicted molar refractivity (Wildman–Crippen MR) is 82.3 cm³/mol. The van der Waals surface area contributed by atoms with Crippen molar-refractivity contribution in [3.63, 3.8) is 0 Å². The molecular formula is C16H24N4. The van der Waals surface area contributed by atoms with Crippen LogP contribution in [-0.2, 0) is 13.1 Å². The summed E-state index contributed by atoms with van der Waals surface area (Å²) in [6.07, 6.45) is 3.80. The highest BCUT2D eigenvalue weighted by Crippen LogP contribution is 2.21. The van der Waals surface area contributed by atoms with Crippen LogP contribution in [0.3, 0.4) is 0 Å². The molecule has 1 atom stereocenters. The Bertz CT molecular complexity index is 547. The Morgan fingerprint density at radius 2 is 2.10 bits per heavy atom. The number of aryl methyl sites for hydroxylation is 2. The standard InChI is InChI=1S/C16H24N4/c1-4-20-12-18-10-16(20)15(9-17)19(3)11-14-8-6-5-7-13(14)2/h5-8,10,12,15H,4,9,11,17H2,1-3H3. The largest absolute Gasteiger partial charge is 0.333 e. The number of nitrogens with two attached hydrogens (primary N) is 1. The molecule has 1 unspecified atom stereocenters. The van der Waals surface area contributed by atoms with Gasteiger partial charge in [0.1, 0.15) is 0 Å². The lowest BCUT2D eigenvalue weighted by Gasteiger charge is -2.28. The van der Waals surface area contributed by atoms with Gasteiger partial charge in [-0.15, -0.1) is 0 Å². The maximum Gasteiger partial charge on any atom is 0.0948 e. The van der Waals surface area contributed by atoms with Crippen molar-refractivity contribution in [2.45, 2.75) is 33.0 Å². The van der Waals surface area contributed by atoms with E-state index in [9.17, 15) is 0 Å². The lowest BCUT2D eigenvalue weighted by Crippen LogP contribution is -2.32. The van der Waals surface area contributed by atoms with E-state index in [1.54, 1.807) is 0 Å². The van der Waals surface area contributed by atoms with Gasteiger partial charge in [0.2, 0.25) is 0 Å². The first-order valence-electron chi connectivity index (χ1n) is 7.12. The molecule has 0 fully saturated rings. The van der Waals surface area contributed by atoms with E-state index in [0.717, 1.165) is 13.1 Å². The number of imidazole rings is 1. The topological polar surface area (TPSA) is 47.1 Å². The molecule has 20 heavy (non-hydrogen) atoms. The first kappa shape index (κ1) is 14.8. The summed E-state index contributed by atoms with van der Waals surface area (Å²) >= 11 is 0. The van der Waals surface area contributed by atoms with Crippen molar-refractivity contribution < 1.29 is 0 Å². The van der Waals surface area contributed by atoms with Crippen molar-refractivity contribution in [1.82, 2.24) is 14.5 Å². The lowest BCUT2D eigenvalue weighted by atomic mass is 10.1. The molecule has 0 saturated carbocycles. The van der Waals surface area contributed by atoms with Gasteiger partial charge in [0, 0.05) is 25.8 Å². The average molecular weight is 272 g/mol. The van der Waals surface area contributed by atoms with Crippen LogP contribution in [0.1, 0.15) is 29.8 Å². The highest BCUT2D eigenvalue weighted by Gasteiger charge is 2.19. The molecule has 0 bridgehead atoms. The van der Waals surface area contributed by atoms with Crippen LogP contribution in [0.5, 0.6) is 0 Å². The number of hydrogen-bond donors (Lipinski definition) is 1. The highest BCUT2D eigenvalue weighted by molar-refractivity contribution is 5.25. The van der Waals surface area contributed by atoms with Crippen LogP contribution in [0.4, 0.5) is 0 Å². The van der Waals surface area contributed by atoms with Crippen LogP contribution >= 0.6 is 0 Å². The summed E-state index contributed by atoms with van der Waals surface area (Å²) in [5.74, 6) is 0. The minimum Gasteiger partial charge on any atom is -0.333 e. The molecule has 4 heteroatoms. The van der Waals surface area contributed by atoms with Gasteiger partial charge in [-0.1, -0.05) is 24.3 Å². The molecule has 108 valence electrons. The zero-order valence-corrected chi connectivity index (χ0v) is 12.6. The fourth-order valence-electron chi connectivity index (χ4n) is 2.57. The number of likely N-dealkylation sites (N-methyl/N-ethyl adjacent to an activating group) is 1. The normalized spacial score (nSPS) is 12.8. The average Bonchev–Trinajstić information content (AvgIpc) is 2.90. The first-order chi connectivity index (χ1) is 9.67. The van der Waals surface area contributed by atoms with Crippen molar-refractivity contribution in [3.8, 4) is 0 Å². The molecule has 0 radical (unpaired) electrons. The Kier molecular flexibility index (Phi) is 4.93. The molecule has 2 aromatic rings. The third kappa shape index (κ3) is 3.08. The van der Waals surface area contributed by atoms with Crippen LogP contribution < -0.4 is 5.73 Å². The Morgan fingerprint density at radius 1 is 1.35 bits per heavy atom. The second-order valence-electron chi connectivity index (χ2n) is 5.20. The zero-order valence-electron chi connectivity index (χ0n) is 12.6. The van der Waals surface area contributed by atoms with E-state index in [-0.39, 0.29) is 6.04 Å². The van der Waals surface area contributed by atoms with Gasteiger partial charge in [0.15, 0.2) is 0 Å². The molecule has 1 heterocycles. The Hall–Kier alpha value is -1.65. The number of benzene rings is 1. The van der Waals surface area contributed by atoms with E-state index in [1.165, 1.54) is 16.8 Å². The van der Waals surface area contributed by atoms with Gasteiger partial charge in [0.05, 0.1) is 18.1 Å². The molecule has 1 aromatic carbocycles. The molecule has 4 nitrogen and oxygen atoms in total. The summed E-state index contributed by atoms with van der Waals surface area (Å²) in [6, 6.07) is 8.68. The molecule has 1 aromatic heterocycles. The monoisotopic (exact) mass is 272 g/mol. The van der Waals surface area contributed by atoms with E-state index in [4.69, 9.17) is 5.73 Å². The molecular weight excluding hydrogens is 248 g/mol. The van der Waals surface area contributed by atoms with Gasteiger partial charge in [-0.3, -0.25) is 4.90 Å². The molecule has 0 saturated heterocycles. The fraction of sp³-hybridized carbons (Fsp3) is 0.438. The molecule has 0 aliphatic heterocycles. The number of hydrogen-bond acceptors (Lipinski definition) is 3. The maximum absolute atomic E-state index is 6.00. The minimum absolute atomic E-state index is 0.192. The van der Waals surface area contributed by atoms with Crippen LogP contribution in [-0.4, -0.2) is 28.0 Å². The minimum atomic E-state index is 0.192. The van der Waals surface area contributed by atoms with Crippen molar-refractivity contribution in [1.29, 1.82) is 0 Å². The molecule has 2 rings (SSSR count). The quantitative estimate of drug-likeness (QED) is 0.878. The van der Waals surface area contributed by atoms with E-state index in [1.807, 2.05) is 12.5 Å². The van der Waals surface area contributed by atoms with Crippen LogP contribution in [0, 0.1) is 6.92 Å². The van der Waals surface area contributed by atoms with Crippen molar-refractivity contribution >= 4 is 0 Å². The summed E-state index contributed by atoms with van der Waals surface area (Å²) in [7, 11) is 2.12. The van der Waals surface area contributed by atoms with Gasteiger partial charge in [0.25, 0.3) is 0 Å². The second kappa shape index (κ2) is 6.68. The van der Waals surface area contributed by atoms with E-state index >= 15 is 0 Å². The van der Waals surface area contributed by atoms with E-state index < -0.39 is 0 Å². The molecule has 0 amide bonds. The third-order valence-electron chi connectivity index (χ3n) is 3.86. The smallest absolute Gasteiger partial charge is 0.0948 e. The number of aromatic nitrogens is 2. The highest BCUT2D eigenvalue weighted by atomic mass is 15.2. The van der Waals surface area contributed by atoms with Crippen LogP contribution in [0.2, 0.25) is 0 Å². The molecule has 0 spiro atoms. The summed E-state index contributed by atoms with van der Waals surface area (Å²) in [5, 5.41) is 0. The van der Waals surface area contributed by atoms with Gasteiger partial charge < -0.3 is 10.3 Å². The number of nitrogens with zero attached hydrogens (tertiary/aromatic N) is 3. The molecule has 2 N–H and O–H groups in total. The van der Waals surface area contributed by atoms with Crippen LogP contribution in [0.25, 0.3) is 0 Å². The summed E-state index contributed by atoms with van der Waals surface area (Å²) < 4.78 is 2.16. The maximum atomic E-state index is 6.00. The van der Waals surface area contributed by atoms with Crippen LogP contribution in [0.15, 0.2) is 36.8 Å². The Morgan fingerprint density at radius 3 is 2.75 bits per heavy atom. The predicted octanol–water partition coefficient (Wildman–Crippen LogP) is 2.34. The van der Waals surface area contributed by atoms with E-state index in [2.05, 4.69) is 59.6 Å². The summed E-state index contributed by atoms with van der Waals surface area (Å²) in [6.45, 7) is 6.68. The van der Waals surface area contributed by atoms with Crippen molar-refractivity contribution in [2.75, 3.05) is 13.6 Å². The van der Waals surface area contributed by atoms with Gasteiger partial charge in [-0.05, 0) is 32.0 Å².